The standard InChI is InChI=1S/C21H20O6/c22-19(15-9-3-1-4-10-15)25-18-14-8-7-13-17(18)21(24)27-26-20(23)16-11-5-2-6-12-16/h2,5-8,11-15H,1,3-4,9-10H2. The van der Waals surface area contributed by atoms with Gasteiger partial charge in [0, 0.05) is 0 Å². The Bertz CT molecular complexity index is 808. The predicted octanol–water partition coefficient (Wildman–Crippen LogP) is 4.10. The van der Waals surface area contributed by atoms with Gasteiger partial charge in [-0.1, -0.05) is 49.6 Å². The van der Waals surface area contributed by atoms with Crippen LogP contribution in [-0.2, 0) is 14.6 Å². The largest absolute Gasteiger partial charge is 0.425 e. The van der Waals surface area contributed by atoms with Crippen LogP contribution in [0.3, 0.4) is 0 Å². The molecule has 0 bridgehead atoms. The Morgan fingerprint density at radius 3 is 2.11 bits per heavy atom. The zero-order chi connectivity index (χ0) is 19.1. The van der Waals surface area contributed by atoms with Gasteiger partial charge in [0.25, 0.3) is 0 Å². The molecule has 0 spiro atoms. The first-order valence-corrected chi connectivity index (χ1v) is 8.94. The molecule has 0 N–H and O–H groups in total. The maximum absolute atomic E-state index is 12.3. The predicted molar refractivity (Wildman–Crippen MR) is 95.9 cm³/mol. The third-order valence-corrected chi connectivity index (χ3v) is 4.46. The van der Waals surface area contributed by atoms with Crippen LogP contribution >= 0.6 is 0 Å². The van der Waals surface area contributed by atoms with Crippen molar-refractivity contribution < 1.29 is 28.9 Å². The molecule has 27 heavy (non-hydrogen) atoms. The fraction of sp³-hybridized carbons (Fsp3) is 0.286. The van der Waals surface area contributed by atoms with Crippen LogP contribution in [0.15, 0.2) is 54.6 Å². The minimum atomic E-state index is -0.911. The molecule has 0 saturated heterocycles. The first-order chi connectivity index (χ1) is 13.1. The van der Waals surface area contributed by atoms with E-state index in [-0.39, 0.29) is 28.8 Å². The Morgan fingerprint density at radius 2 is 1.37 bits per heavy atom. The zero-order valence-electron chi connectivity index (χ0n) is 14.8. The summed E-state index contributed by atoms with van der Waals surface area (Å²) >= 11 is 0. The maximum Gasteiger partial charge on any atom is 0.390 e. The van der Waals surface area contributed by atoms with Crippen LogP contribution in [0.5, 0.6) is 5.75 Å². The quantitative estimate of drug-likeness (QED) is 0.350. The van der Waals surface area contributed by atoms with Crippen molar-refractivity contribution in [3.8, 4) is 5.75 Å². The molecule has 2 aromatic carbocycles. The SMILES string of the molecule is O=C(OOC(=O)c1ccccc1OC(=O)C1CCCCC1)c1ccccc1. The summed E-state index contributed by atoms with van der Waals surface area (Å²) in [5, 5.41) is 0. The number of carbonyl (C=O) groups excluding carboxylic acids is 3. The summed E-state index contributed by atoms with van der Waals surface area (Å²) in [6, 6.07) is 14.4. The molecular weight excluding hydrogens is 348 g/mol. The van der Waals surface area contributed by atoms with Crippen molar-refractivity contribution in [1.82, 2.24) is 0 Å². The monoisotopic (exact) mass is 368 g/mol. The number of benzene rings is 2. The van der Waals surface area contributed by atoms with Crippen LogP contribution < -0.4 is 4.74 Å². The van der Waals surface area contributed by atoms with Crippen LogP contribution in [0.25, 0.3) is 0 Å². The first-order valence-electron chi connectivity index (χ1n) is 8.94. The van der Waals surface area contributed by atoms with E-state index in [0.717, 1.165) is 32.1 Å². The van der Waals surface area contributed by atoms with Gasteiger partial charge in [0.05, 0.1) is 11.5 Å². The van der Waals surface area contributed by atoms with Crippen molar-refractivity contribution in [2.24, 2.45) is 5.92 Å². The molecule has 0 unspecified atom stereocenters. The van der Waals surface area contributed by atoms with Gasteiger partial charge in [0.15, 0.2) is 0 Å². The van der Waals surface area contributed by atoms with E-state index in [4.69, 9.17) is 4.74 Å². The van der Waals surface area contributed by atoms with E-state index in [1.807, 2.05) is 0 Å². The maximum atomic E-state index is 12.3. The number of esters is 1. The van der Waals surface area contributed by atoms with Crippen LogP contribution in [0.2, 0.25) is 0 Å². The summed E-state index contributed by atoms with van der Waals surface area (Å²) in [5.41, 5.74) is 0.268. The van der Waals surface area contributed by atoms with E-state index in [1.54, 1.807) is 30.3 Å². The summed E-state index contributed by atoms with van der Waals surface area (Å²) in [6.07, 6.45) is 4.71. The third-order valence-electron chi connectivity index (χ3n) is 4.46. The number of hydrogen-bond donors (Lipinski definition) is 0. The molecule has 2 aromatic rings. The molecule has 140 valence electrons. The Hall–Kier alpha value is -3.15. The van der Waals surface area contributed by atoms with Crippen molar-refractivity contribution in [3.05, 3.63) is 65.7 Å². The van der Waals surface area contributed by atoms with Crippen LogP contribution in [0.1, 0.15) is 52.8 Å². The summed E-state index contributed by atoms with van der Waals surface area (Å²) in [6.45, 7) is 0. The number of ether oxygens (including phenoxy) is 1. The highest BCUT2D eigenvalue weighted by Gasteiger charge is 2.25. The topological polar surface area (TPSA) is 78.9 Å². The summed E-state index contributed by atoms with van der Waals surface area (Å²) in [7, 11) is 0. The molecule has 0 heterocycles. The number of carbonyl (C=O) groups is 3. The van der Waals surface area contributed by atoms with Gasteiger partial charge in [-0.2, -0.15) is 0 Å². The fourth-order valence-corrected chi connectivity index (χ4v) is 3.00. The number of para-hydroxylation sites is 1. The minimum Gasteiger partial charge on any atom is -0.425 e. The van der Waals surface area contributed by atoms with Gasteiger partial charge in [0.2, 0.25) is 0 Å². The number of hydrogen-bond acceptors (Lipinski definition) is 6. The van der Waals surface area contributed by atoms with E-state index >= 15 is 0 Å². The molecule has 1 saturated carbocycles. The third kappa shape index (κ3) is 4.94. The summed E-state index contributed by atoms with van der Waals surface area (Å²) in [4.78, 5) is 45.7. The summed E-state index contributed by atoms with van der Waals surface area (Å²) < 4.78 is 5.42. The van der Waals surface area contributed by atoms with Crippen molar-refractivity contribution >= 4 is 17.9 Å². The van der Waals surface area contributed by atoms with Crippen LogP contribution in [-0.4, -0.2) is 17.9 Å². The second-order valence-corrected chi connectivity index (χ2v) is 6.36. The van der Waals surface area contributed by atoms with Gasteiger partial charge in [0.1, 0.15) is 11.3 Å². The molecule has 1 aliphatic carbocycles. The van der Waals surface area contributed by atoms with Gasteiger partial charge >= 0.3 is 17.9 Å². The normalized spacial score (nSPS) is 14.2. The van der Waals surface area contributed by atoms with Gasteiger partial charge in [-0.3, -0.25) is 4.79 Å². The van der Waals surface area contributed by atoms with E-state index in [9.17, 15) is 14.4 Å². The summed E-state index contributed by atoms with van der Waals surface area (Å²) in [5.74, 6) is -2.12. The van der Waals surface area contributed by atoms with Gasteiger partial charge in [-0.15, -0.1) is 0 Å². The molecule has 0 atom stereocenters. The van der Waals surface area contributed by atoms with Crippen molar-refractivity contribution in [1.29, 1.82) is 0 Å². The molecule has 0 radical (unpaired) electrons. The zero-order valence-corrected chi connectivity index (χ0v) is 14.8. The van der Waals surface area contributed by atoms with E-state index in [2.05, 4.69) is 9.78 Å². The average molecular weight is 368 g/mol. The molecule has 6 nitrogen and oxygen atoms in total. The van der Waals surface area contributed by atoms with Gasteiger partial charge in [-0.05, 0) is 37.1 Å². The molecule has 0 amide bonds. The molecule has 1 aliphatic rings. The van der Waals surface area contributed by atoms with Crippen molar-refractivity contribution in [2.45, 2.75) is 32.1 Å². The van der Waals surface area contributed by atoms with Crippen molar-refractivity contribution in [2.75, 3.05) is 0 Å². The Morgan fingerprint density at radius 1 is 0.741 bits per heavy atom. The molecule has 0 aliphatic heterocycles. The Labute approximate surface area is 157 Å². The van der Waals surface area contributed by atoms with Crippen LogP contribution in [0, 0.1) is 5.92 Å². The Kier molecular flexibility index (Phi) is 6.20. The molecular formula is C21H20O6. The van der Waals surface area contributed by atoms with Crippen LogP contribution in [0.4, 0.5) is 0 Å². The lowest BCUT2D eigenvalue weighted by molar-refractivity contribution is -0.187. The lowest BCUT2D eigenvalue weighted by Gasteiger charge is -2.20. The fourth-order valence-electron chi connectivity index (χ4n) is 3.00. The molecule has 0 aromatic heterocycles. The second kappa shape index (κ2) is 8.98. The highest BCUT2D eigenvalue weighted by molar-refractivity contribution is 5.94. The smallest absolute Gasteiger partial charge is 0.390 e. The lowest BCUT2D eigenvalue weighted by Crippen LogP contribution is -2.23. The second-order valence-electron chi connectivity index (χ2n) is 6.36. The Balaban J connectivity index is 1.63. The minimum absolute atomic E-state index is 0.0162. The molecule has 6 heteroatoms. The number of rotatable bonds is 4. The van der Waals surface area contributed by atoms with E-state index < -0.39 is 11.9 Å². The first kappa shape index (κ1) is 18.6. The van der Waals surface area contributed by atoms with Gasteiger partial charge < -0.3 is 4.74 Å². The lowest BCUT2D eigenvalue weighted by atomic mass is 9.89. The van der Waals surface area contributed by atoms with E-state index in [0.29, 0.717) is 0 Å². The van der Waals surface area contributed by atoms with E-state index in [1.165, 1.54) is 24.3 Å². The highest BCUT2D eigenvalue weighted by Crippen LogP contribution is 2.27. The molecule has 1 fully saturated rings. The highest BCUT2D eigenvalue weighted by atomic mass is 17.2. The van der Waals surface area contributed by atoms with Gasteiger partial charge in [-0.25, -0.2) is 19.4 Å². The van der Waals surface area contributed by atoms with Crippen molar-refractivity contribution in [3.63, 3.8) is 0 Å². The average Bonchev–Trinajstić information content (AvgIpc) is 2.73. The molecule has 3 rings (SSSR count).